The molecule has 1 fully saturated rings. The fraction of sp³-hybridized carbons (Fsp3) is 0.429. The minimum atomic E-state index is -0.359. The highest BCUT2D eigenvalue weighted by atomic mass is 16.2. The molecule has 8 heteroatoms. The number of carbonyl (C=O) groups excluding carboxylic acids is 2. The van der Waals surface area contributed by atoms with E-state index >= 15 is 0 Å². The van der Waals surface area contributed by atoms with E-state index in [0.717, 1.165) is 11.3 Å². The summed E-state index contributed by atoms with van der Waals surface area (Å²) < 4.78 is 1.68. The van der Waals surface area contributed by atoms with Crippen LogP contribution >= 0.6 is 0 Å². The minimum Gasteiger partial charge on any atom is -0.348 e. The molecule has 1 saturated carbocycles. The van der Waals surface area contributed by atoms with Crippen LogP contribution in [-0.4, -0.2) is 43.0 Å². The summed E-state index contributed by atoms with van der Waals surface area (Å²) in [6.07, 6.45) is 6.30. The molecule has 1 aliphatic carbocycles. The lowest BCUT2D eigenvalue weighted by atomic mass is 9.74. The van der Waals surface area contributed by atoms with Gasteiger partial charge in [-0.25, -0.2) is 9.50 Å². The smallest absolute Gasteiger partial charge is 0.269 e. The molecule has 29 heavy (non-hydrogen) atoms. The van der Waals surface area contributed by atoms with E-state index in [9.17, 15) is 9.59 Å². The normalized spacial score (nSPS) is 21.6. The molecule has 0 aliphatic heterocycles. The largest absolute Gasteiger partial charge is 0.348 e. The van der Waals surface area contributed by atoms with E-state index in [2.05, 4.69) is 25.7 Å². The molecule has 152 valence electrons. The average Bonchev–Trinajstić information content (AvgIpc) is 3.27. The van der Waals surface area contributed by atoms with Crippen LogP contribution in [0.2, 0.25) is 0 Å². The third kappa shape index (κ3) is 3.74. The predicted molar refractivity (Wildman–Crippen MR) is 109 cm³/mol. The van der Waals surface area contributed by atoms with Gasteiger partial charge in [0.15, 0.2) is 0 Å². The summed E-state index contributed by atoms with van der Waals surface area (Å²) in [5.41, 5.74) is 1.27. The molecule has 0 saturated heterocycles. The number of pyridine rings is 1. The van der Waals surface area contributed by atoms with Crippen LogP contribution < -0.4 is 10.6 Å². The maximum atomic E-state index is 12.7. The van der Waals surface area contributed by atoms with Crippen LogP contribution in [0.3, 0.4) is 0 Å². The van der Waals surface area contributed by atoms with Gasteiger partial charge in [-0.3, -0.25) is 9.59 Å². The fourth-order valence-corrected chi connectivity index (χ4v) is 3.76. The Bertz CT molecular complexity index is 1070. The second-order valence-corrected chi connectivity index (χ2v) is 9.08. The monoisotopic (exact) mass is 394 g/mol. The first-order valence-corrected chi connectivity index (χ1v) is 9.76. The van der Waals surface area contributed by atoms with E-state index in [1.54, 1.807) is 16.9 Å². The molecule has 3 N–H and O–H groups in total. The molecule has 0 bridgehead atoms. The number of amides is 2. The molecular formula is C21H26N6O2. The Balaban J connectivity index is 1.34. The molecule has 4 rings (SSSR count). The molecule has 0 aromatic carbocycles. The summed E-state index contributed by atoms with van der Waals surface area (Å²) in [5.74, 6) is 0.456. The van der Waals surface area contributed by atoms with E-state index < -0.39 is 0 Å². The number of carbonyl (C=O) groups is 2. The maximum absolute atomic E-state index is 12.7. The Kier molecular flexibility index (Phi) is 4.44. The second kappa shape index (κ2) is 6.72. The van der Waals surface area contributed by atoms with E-state index in [-0.39, 0.29) is 28.8 Å². The Morgan fingerprint density at radius 3 is 2.66 bits per heavy atom. The van der Waals surface area contributed by atoms with Gasteiger partial charge in [0.05, 0.1) is 23.5 Å². The zero-order valence-electron chi connectivity index (χ0n) is 17.1. The van der Waals surface area contributed by atoms with Crippen molar-refractivity contribution in [3.8, 4) is 0 Å². The standard InChI is InChI=1S/C21H26N6O2/c1-20(2,3)19-22-12-15(25-19)18(29)24-13-9-21(4,10-13)26-17(28)14-11-23-27-8-6-5-7-16(14)27/h5-8,11-13H,9-10H2,1-4H3,(H,22,25)(H,24,29)(H,26,28). The van der Waals surface area contributed by atoms with E-state index in [1.165, 1.54) is 0 Å². The molecule has 1 aliphatic rings. The van der Waals surface area contributed by atoms with E-state index in [4.69, 9.17) is 0 Å². The van der Waals surface area contributed by atoms with Crippen molar-refractivity contribution in [1.29, 1.82) is 0 Å². The zero-order chi connectivity index (χ0) is 20.8. The SMILES string of the molecule is CC1(NC(=O)c2cnn3ccccc23)CC(NC(=O)c2cnc(C(C)(C)C)[nH]2)C1. The number of nitrogens with one attached hydrogen (secondary N) is 3. The summed E-state index contributed by atoms with van der Waals surface area (Å²) >= 11 is 0. The van der Waals surface area contributed by atoms with Crippen molar-refractivity contribution >= 4 is 17.3 Å². The topological polar surface area (TPSA) is 104 Å². The van der Waals surface area contributed by atoms with Gasteiger partial charge in [0.25, 0.3) is 11.8 Å². The number of H-pyrrole nitrogens is 1. The molecule has 3 aromatic heterocycles. The first kappa shape index (κ1) is 19.2. The van der Waals surface area contributed by atoms with Crippen molar-refractivity contribution < 1.29 is 9.59 Å². The van der Waals surface area contributed by atoms with Crippen molar-refractivity contribution in [2.24, 2.45) is 0 Å². The molecule has 3 aromatic rings. The Labute approximate surface area is 169 Å². The van der Waals surface area contributed by atoms with Crippen molar-refractivity contribution in [3.05, 3.63) is 53.9 Å². The second-order valence-electron chi connectivity index (χ2n) is 9.08. The number of fused-ring (bicyclic) bond motifs is 1. The Morgan fingerprint density at radius 1 is 1.21 bits per heavy atom. The van der Waals surface area contributed by atoms with Crippen LogP contribution in [0.15, 0.2) is 36.8 Å². The quantitative estimate of drug-likeness (QED) is 0.632. The number of hydrogen-bond donors (Lipinski definition) is 3. The number of hydrogen-bond acceptors (Lipinski definition) is 4. The highest BCUT2D eigenvalue weighted by Crippen LogP contribution is 2.32. The van der Waals surface area contributed by atoms with Gasteiger partial charge in [0.1, 0.15) is 11.5 Å². The third-order valence-corrected chi connectivity index (χ3v) is 5.35. The molecule has 0 atom stereocenters. The average molecular weight is 394 g/mol. The molecule has 8 nitrogen and oxygen atoms in total. The summed E-state index contributed by atoms with van der Waals surface area (Å²) in [6.45, 7) is 8.11. The number of aromatic amines is 1. The summed E-state index contributed by atoms with van der Waals surface area (Å²) in [7, 11) is 0. The minimum absolute atomic E-state index is 0.0121. The molecule has 0 unspecified atom stereocenters. The molecule has 0 spiro atoms. The van der Waals surface area contributed by atoms with Gasteiger partial charge >= 0.3 is 0 Å². The van der Waals surface area contributed by atoms with Crippen molar-refractivity contribution in [3.63, 3.8) is 0 Å². The maximum Gasteiger partial charge on any atom is 0.269 e. The number of imidazole rings is 1. The van der Waals surface area contributed by atoms with Gasteiger partial charge in [0.2, 0.25) is 0 Å². The van der Waals surface area contributed by atoms with Gasteiger partial charge < -0.3 is 15.6 Å². The van der Waals surface area contributed by atoms with Crippen LogP contribution in [-0.2, 0) is 5.41 Å². The van der Waals surface area contributed by atoms with E-state index in [1.807, 2.05) is 52.1 Å². The van der Waals surface area contributed by atoms with Crippen molar-refractivity contribution in [1.82, 2.24) is 30.2 Å². The molecule has 3 heterocycles. The van der Waals surface area contributed by atoms with Crippen molar-refractivity contribution in [2.45, 2.75) is 57.5 Å². The van der Waals surface area contributed by atoms with Crippen LogP contribution in [0.4, 0.5) is 0 Å². The van der Waals surface area contributed by atoms with Gasteiger partial charge in [-0.05, 0) is 31.9 Å². The molecular weight excluding hydrogens is 368 g/mol. The van der Waals surface area contributed by atoms with Gasteiger partial charge in [0, 0.05) is 23.2 Å². The lowest BCUT2D eigenvalue weighted by Gasteiger charge is -2.45. The Morgan fingerprint density at radius 2 is 1.97 bits per heavy atom. The number of nitrogens with zero attached hydrogens (tertiary/aromatic N) is 3. The molecule has 0 radical (unpaired) electrons. The highest BCUT2D eigenvalue weighted by molar-refractivity contribution is 6.01. The van der Waals surface area contributed by atoms with Gasteiger partial charge in [-0.15, -0.1) is 0 Å². The first-order chi connectivity index (χ1) is 13.6. The Hall–Kier alpha value is -3.16. The number of aromatic nitrogens is 4. The van der Waals surface area contributed by atoms with Crippen LogP contribution in [0.5, 0.6) is 0 Å². The summed E-state index contributed by atoms with van der Waals surface area (Å²) in [4.78, 5) is 32.6. The van der Waals surface area contributed by atoms with Crippen LogP contribution in [0.1, 0.15) is 67.2 Å². The number of rotatable bonds is 4. The summed E-state index contributed by atoms with van der Waals surface area (Å²) in [6, 6.07) is 5.62. The lowest BCUT2D eigenvalue weighted by molar-refractivity contribution is 0.0750. The van der Waals surface area contributed by atoms with Gasteiger partial charge in [-0.1, -0.05) is 26.8 Å². The van der Waals surface area contributed by atoms with Crippen LogP contribution in [0, 0.1) is 0 Å². The van der Waals surface area contributed by atoms with Crippen LogP contribution in [0.25, 0.3) is 5.52 Å². The van der Waals surface area contributed by atoms with Crippen molar-refractivity contribution in [2.75, 3.05) is 0 Å². The predicted octanol–water partition coefficient (Wildman–Crippen LogP) is 2.44. The van der Waals surface area contributed by atoms with Gasteiger partial charge in [-0.2, -0.15) is 5.10 Å². The third-order valence-electron chi connectivity index (χ3n) is 5.35. The fourth-order valence-electron chi connectivity index (χ4n) is 3.76. The van der Waals surface area contributed by atoms with E-state index in [0.29, 0.717) is 24.1 Å². The summed E-state index contributed by atoms with van der Waals surface area (Å²) in [5, 5.41) is 10.3. The first-order valence-electron chi connectivity index (χ1n) is 9.76. The molecule has 2 amide bonds. The highest BCUT2D eigenvalue weighted by Gasteiger charge is 2.42. The lowest BCUT2D eigenvalue weighted by Crippen LogP contribution is -2.61. The zero-order valence-corrected chi connectivity index (χ0v) is 17.1.